The zero-order valence-electron chi connectivity index (χ0n) is 76.9. The van der Waals surface area contributed by atoms with Crippen molar-refractivity contribution in [2.24, 2.45) is 5.73 Å². The lowest BCUT2D eigenvalue weighted by Gasteiger charge is -2.22. The number of aromatic nitrogens is 3. The molecule has 37 nitrogen and oxygen atoms in total. The van der Waals surface area contributed by atoms with Crippen LogP contribution in [0.15, 0.2) is 209 Å². The van der Waals surface area contributed by atoms with Gasteiger partial charge in [0.15, 0.2) is 0 Å². The van der Waals surface area contributed by atoms with Gasteiger partial charge in [-0.3, -0.25) is 25.5 Å². The van der Waals surface area contributed by atoms with Crippen molar-refractivity contribution in [2.45, 2.75) is 200 Å². The number of sulfonamides is 3. The Morgan fingerprint density at radius 1 is 0.385 bits per heavy atom. The Morgan fingerprint density at radius 3 is 0.904 bits per heavy atom. The summed E-state index contributed by atoms with van der Waals surface area (Å²) >= 11 is 8.92. The standard InChI is InChI=1S/C30H32N6O7S2.C27H36N6O4S2.C23H29N5O3S2.C7H4ClNO4.C3H9N.CH4/c1-18(2)32-28(37)33-20-8-6-19(7-9-20)27-31-17-25(44-27)24-15-10-21(16-26(24)45(41,42)35-30(3,4)5)34-29(38)43-23-13-11-22(12-14-23)36(39)40;1-16(2)29-25(34)31-19-10-8-18(9-11-19)24-28-15-22(38-24)21-13-12-20(32-26(35)30-17(3)4)14-23(21)39(36,37)33-27(5,6)7;1-14(2)26-22(29)27-17-9-6-15(7-10-17)21-25-13-19(32-21)18-11-8-16(24)12-20(18)33(30,31)28-23(3,4)5;8-7(10)13-6-3-1-5(2-4-6)9(11)12;1-3(2)4;/h6-18,35H,1-5H3,(H,34,38)(H2,32,33,37);8-17,33H,1-7H3,(H2,29,31,34)(H2,30,32,35);6-14,28H,24H2,1-5H3,(H2,26,27,29);1-4H;3H,4H2,1-2H3;1H4. The summed E-state index contributed by atoms with van der Waals surface area (Å²) in [6.07, 6.45) is 3.95. The van der Waals surface area contributed by atoms with E-state index in [1.54, 1.807) is 160 Å². The van der Waals surface area contributed by atoms with Crippen molar-refractivity contribution in [2.75, 3.05) is 32.3 Å². The first-order chi connectivity index (χ1) is 62.4. The van der Waals surface area contributed by atoms with Crippen molar-refractivity contribution < 1.29 is 73.3 Å². The van der Waals surface area contributed by atoms with Gasteiger partial charge in [-0.15, -0.1) is 34.0 Å². The van der Waals surface area contributed by atoms with E-state index in [0.29, 0.717) is 75.8 Å². The van der Waals surface area contributed by atoms with Crippen molar-refractivity contribution in [3.63, 3.8) is 0 Å². The highest BCUT2D eigenvalue weighted by Crippen LogP contribution is 2.42. The molecule has 0 bridgehead atoms. The number of rotatable bonds is 25. The molecule has 0 atom stereocenters. The van der Waals surface area contributed by atoms with E-state index in [1.807, 2.05) is 93.5 Å². The van der Waals surface area contributed by atoms with Crippen LogP contribution in [0.5, 0.6) is 11.5 Å². The van der Waals surface area contributed by atoms with Crippen molar-refractivity contribution in [1.29, 1.82) is 0 Å². The molecule has 11 rings (SSSR count). The topological polar surface area (TPSA) is 545 Å². The maximum atomic E-state index is 13.6. The number of amides is 9. The summed E-state index contributed by atoms with van der Waals surface area (Å²) in [6, 6.07) is 44.6. The SMILES string of the molecule is C.CC(C)N.CC(C)NC(=O)Nc1ccc(-c2ncc(-c3ccc(N)cc3S(=O)(=O)NC(C)(C)C)s2)cc1.CC(C)NC(=O)Nc1ccc(-c2ncc(-c3ccc(NC(=O)NC(C)C)cc3S(=O)(=O)NC(C)(C)C)s2)cc1.CC(C)NC(=O)Nc1ccc(-c2ncc(-c3ccc(NC(=O)Oc4ccc([N+](=O)[O-])cc4)cc3S(=O)(=O)NC(C)(C)C)s2)cc1.O=C(Cl)Oc1ccc([N+](=O)[O-])cc1. The number of nitrogen functional groups attached to an aromatic ring is 1. The third kappa shape index (κ3) is 37.1. The number of thiazole rings is 3. The number of carbonyl (C=O) groups excluding carboxylic acids is 6. The van der Waals surface area contributed by atoms with Crippen molar-refractivity contribution in [1.82, 2.24) is 50.4 Å². The molecule has 0 aliphatic rings. The molecular formula is C91H114ClN19O18S6. The summed E-state index contributed by atoms with van der Waals surface area (Å²) in [5.41, 5.74) is 14.2. The summed E-state index contributed by atoms with van der Waals surface area (Å²) < 4.78 is 97.7. The Labute approximate surface area is 802 Å². The van der Waals surface area contributed by atoms with E-state index in [4.69, 9.17) is 27.8 Å². The van der Waals surface area contributed by atoms with E-state index in [0.717, 1.165) is 21.7 Å². The quantitative estimate of drug-likeness (QED) is 0.0109. The predicted octanol–water partition coefficient (Wildman–Crippen LogP) is 20.2. The summed E-state index contributed by atoms with van der Waals surface area (Å²) in [6.45, 7) is 34.6. The zero-order valence-corrected chi connectivity index (χ0v) is 82.6. The maximum Gasteiger partial charge on any atom is 0.417 e. The fraction of sp³-hybridized carbons (Fsp3) is 0.308. The first-order valence-electron chi connectivity index (χ1n) is 41.3. The van der Waals surface area contributed by atoms with Gasteiger partial charge in [0.1, 0.15) is 26.5 Å². The van der Waals surface area contributed by atoms with Gasteiger partial charge in [-0.1, -0.05) is 39.5 Å². The molecule has 3 aromatic heterocycles. The Bertz CT molecular complexity index is 6300. The second-order valence-electron chi connectivity index (χ2n) is 34.2. The number of nitro benzene ring substituents is 2. The number of halogens is 1. The van der Waals surface area contributed by atoms with Crippen molar-refractivity contribution >= 4 is 157 Å². The first-order valence-corrected chi connectivity index (χ1v) is 48.6. The first kappa shape index (κ1) is 111. The third-order valence-corrected chi connectivity index (χ3v) is 25.0. The van der Waals surface area contributed by atoms with Gasteiger partial charge in [0, 0.05) is 163 Å². The smallest absolute Gasteiger partial charge is 0.414 e. The Kier molecular flexibility index (Phi) is 40.1. The van der Waals surface area contributed by atoms with Crippen LogP contribution in [-0.4, -0.2) is 133 Å². The van der Waals surface area contributed by atoms with Crippen LogP contribution in [0, 0.1) is 20.2 Å². The molecule has 0 spiro atoms. The van der Waals surface area contributed by atoms with Crippen molar-refractivity contribution in [3.05, 3.63) is 215 Å². The number of ether oxygens (including phenoxy) is 2. The van der Waals surface area contributed by atoms with Gasteiger partial charge in [-0.2, -0.15) is 0 Å². The number of nitrogens with zero attached hydrogens (tertiary/aromatic N) is 5. The average Bonchev–Trinajstić information content (AvgIpc) is 1.73. The van der Waals surface area contributed by atoms with E-state index in [9.17, 15) is 74.2 Å². The zero-order chi connectivity index (χ0) is 99.7. The maximum absolute atomic E-state index is 13.6. The number of hydrogen-bond acceptors (Lipinski definition) is 26. The highest BCUT2D eigenvalue weighted by Gasteiger charge is 2.31. The number of urea groups is 4. The minimum absolute atomic E-state index is 0. The Balaban J connectivity index is 0.000000287. The van der Waals surface area contributed by atoms with E-state index >= 15 is 0 Å². The van der Waals surface area contributed by atoms with E-state index in [1.165, 1.54) is 107 Å². The molecule has 0 radical (unpaired) electrons. The summed E-state index contributed by atoms with van der Waals surface area (Å²) in [5.74, 6) is 0.238. The van der Waals surface area contributed by atoms with Crippen LogP contribution in [-0.2, 0) is 30.1 Å². The molecule has 0 fully saturated rings. The molecular weight excluding hydrogens is 1870 g/mol. The summed E-state index contributed by atoms with van der Waals surface area (Å²) in [4.78, 5) is 106. The fourth-order valence-corrected chi connectivity index (χ4v) is 19.6. The number of nitrogens with one attached hydrogen (secondary N) is 12. The predicted molar refractivity (Wildman–Crippen MR) is 537 cm³/mol. The van der Waals surface area contributed by atoms with Crippen LogP contribution in [0.3, 0.4) is 0 Å². The molecule has 0 aliphatic carbocycles. The van der Waals surface area contributed by atoms with Crippen LogP contribution in [0.1, 0.15) is 139 Å². The van der Waals surface area contributed by atoms with Gasteiger partial charge < -0.3 is 63.5 Å². The molecule has 8 aromatic carbocycles. The number of hydrogen-bond donors (Lipinski definition) is 14. The van der Waals surface area contributed by atoms with Gasteiger partial charge in [-0.05, 0) is 257 Å². The van der Waals surface area contributed by atoms with E-state index in [-0.39, 0.29) is 92.9 Å². The lowest BCUT2D eigenvalue weighted by molar-refractivity contribution is -0.385. The number of carbonyl (C=O) groups is 6. The third-order valence-electron chi connectivity index (χ3n) is 16.3. The number of benzene rings is 8. The van der Waals surface area contributed by atoms with E-state index in [2.05, 4.69) is 81.7 Å². The molecule has 9 amide bonds. The molecule has 0 unspecified atom stereocenters. The molecule has 11 aromatic rings. The van der Waals surface area contributed by atoms with Crippen LogP contribution in [0.4, 0.5) is 74.3 Å². The number of anilines is 6. The van der Waals surface area contributed by atoms with Gasteiger partial charge in [0.2, 0.25) is 30.1 Å². The molecule has 135 heavy (non-hydrogen) atoms. The lowest BCUT2D eigenvalue weighted by atomic mass is 10.1. The van der Waals surface area contributed by atoms with Crippen LogP contribution in [0.2, 0.25) is 0 Å². The number of nitro groups is 2. The molecule has 44 heteroatoms. The largest absolute Gasteiger partial charge is 0.417 e. The molecule has 3 heterocycles. The monoisotopic (exact) mass is 1990 g/mol. The Hall–Kier alpha value is -13.0. The normalized spacial score (nSPS) is 11.4. The Morgan fingerprint density at radius 2 is 0.637 bits per heavy atom. The second kappa shape index (κ2) is 48.8. The minimum Gasteiger partial charge on any atom is -0.414 e. The number of nitrogens with two attached hydrogens (primary N) is 2. The van der Waals surface area contributed by atoms with E-state index < -0.39 is 74.1 Å². The van der Waals surface area contributed by atoms with Crippen LogP contribution < -0.4 is 83.0 Å². The van der Waals surface area contributed by atoms with Crippen molar-refractivity contribution in [3.8, 4) is 74.5 Å². The minimum atomic E-state index is -4.08. The second-order valence-corrected chi connectivity index (χ2v) is 42.5. The van der Waals surface area contributed by atoms with Gasteiger partial charge in [0.05, 0.1) is 39.2 Å². The molecule has 0 saturated heterocycles. The van der Waals surface area contributed by atoms with Crippen LogP contribution >= 0.6 is 45.6 Å². The highest BCUT2D eigenvalue weighted by atomic mass is 35.5. The average molecular weight is 1990 g/mol. The highest BCUT2D eigenvalue weighted by molar-refractivity contribution is 7.90. The molecule has 724 valence electrons. The van der Waals surface area contributed by atoms with Gasteiger partial charge in [-0.25, -0.2) is 83.1 Å². The number of non-ortho nitro benzene ring substituents is 2. The summed E-state index contributed by atoms with van der Waals surface area (Å²) in [7, 11) is -11.8. The lowest BCUT2D eigenvalue weighted by Crippen LogP contribution is -2.40. The molecule has 0 aliphatic heterocycles. The fourth-order valence-electron chi connectivity index (χ4n) is 11.4. The molecule has 16 N–H and O–H groups in total. The van der Waals surface area contributed by atoms with Gasteiger partial charge in [0.25, 0.3) is 11.4 Å². The van der Waals surface area contributed by atoms with Gasteiger partial charge >= 0.3 is 35.6 Å². The van der Waals surface area contributed by atoms with Crippen LogP contribution in [0.25, 0.3) is 63.0 Å². The summed E-state index contributed by atoms with van der Waals surface area (Å²) in [5, 5.41) is 47.7. The molecule has 0 saturated carbocycles.